The van der Waals surface area contributed by atoms with Crippen molar-refractivity contribution in [2.75, 3.05) is 23.7 Å². The Hall–Kier alpha value is -1.71. The number of nitrogens with one attached hydrogen (secondary N) is 1. The topological polar surface area (TPSA) is 58.4 Å². The van der Waals surface area contributed by atoms with Crippen LogP contribution in [0.1, 0.15) is 32.6 Å². The predicted octanol–water partition coefficient (Wildman–Crippen LogP) is 2.15. The van der Waals surface area contributed by atoms with E-state index in [-0.39, 0.29) is 11.9 Å². The van der Waals surface area contributed by atoms with Crippen LogP contribution in [0.25, 0.3) is 0 Å². The molecule has 1 unspecified atom stereocenters. The van der Waals surface area contributed by atoms with Gasteiger partial charge in [0.15, 0.2) is 0 Å². The number of anilines is 2. The van der Waals surface area contributed by atoms with E-state index in [1.165, 1.54) is 0 Å². The number of benzene rings is 1. The second kappa shape index (κ2) is 6.45. The Morgan fingerprint density at radius 1 is 1.37 bits per heavy atom. The highest BCUT2D eigenvalue weighted by atomic mass is 16.2. The smallest absolute Gasteiger partial charge is 0.242 e. The van der Waals surface area contributed by atoms with Gasteiger partial charge in [-0.15, -0.1) is 0 Å². The van der Waals surface area contributed by atoms with E-state index in [0.717, 1.165) is 50.1 Å². The predicted molar refractivity (Wildman–Crippen MR) is 79.1 cm³/mol. The Morgan fingerprint density at radius 2 is 2.16 bits per heavy atom. The second-order valence-corrected chi connectivity index (χ2v) is 5.05. The highest BCUT2D eigenvalue weighted by molar-refractivity contribution is 5.86. The van der Waals surface area contributed by atoms with Crippen molar-refractivity contribution in [2.45, 2.75) is 38.6 Å². The molecule has 1 amide bonds. The van der Waals surface area contributed by atoms with Gasteiger partial charge in [0.2, 0.25) is 5.91 Å². The summed E-state index contributed by atoms with van der Waals surface area (Å²) in [5.74, 6) is 0.134. The van der Waals surface area contributed by atoms with E-state index in [1.807, 2.05) is 24.3 Å². The first-order valence-electron chi connectivity index (χ1n) is 7.13. The molecule has 4 nitrogen and oxygen atoms in total. The fourth-order valence-electron chi connectivity index (χ4n) is 2.65. The average molecular weight is 261 g/mol. The van der Waals surface area contributed by atoms with Gasteiger partial charge < -0.3 is 16.0 Å². The quantitative estimate of drug-likeness (QED) is 0.817. The van der Waals surface area contributed by atoms with E-state index in [9.17, 15) is 4.79 Å². The van der Waals surface area contributed by atoms with Crippen LogP contribution in [0, 0.1) is 0 Å². The second-order valence-electron chi connectivity index (χ2n) is 5.05. The van der Waals surface area contributed by atoms with Crippen LogP contribution in [0.3, 0.4) is 0 Å². The lowest BCUT2D eigenvalue weighted by Crippen LogP contribution is -2.46. The fraction of sp³-hybridized carbons (Fsp3) is 0.533. The molecule has 104 valence electrons. The third-order valence-corrected chi connectivity index (χ3v) is 3.59. The van der Waals surface area contributed by atoms with Crippen LogP contribution in [-0.2, 0) is 4.79 Å². The van der Waals surface area contributed by atoms with Gasteiger partial charge in [-0.3, -0.25) is 4.79 Å². The molecule has 0 aromatic heterocycles. The summed E-state index contributed by atoms with van der Waals surface area (Å²) < 4.78 is 0. The van der Waals surface area contributed by atoms with Gasteiger partial charge in [-0.1, -0.05) is 19.1 Å². The lowest BCUT2D eigenvalue weighted by molar-refractivity contribution is -0.122. The minimum Gasteiger partial charge on any atom is -0.397 e. The van der Waals surface area contributed by atoms with Crippen molar-refractivity contribution >= 4 is 17.3 Å². The van der Waals surface area contributed by atoms with E-state index in [1.54, 1.807) is 0 Å². The molecule has 1 atom stereocenters. The largest absolute Gasteiger partial charge is 0.397 e. The Morgan fingerprint density at radius 3 is 2.89 bits per heavy atom. The van der Waals surface area contributed by atoms with Crippen molar-refractivity contribution in [1.82, 2.24) is 5.32 Å². The van der Waals surface area contributed by atoms with Gasteiger partial charge in [-0.05, 0) is 37.8 Å². The van der Waals surface area contributed by atoms with Crippen LogP contribution in [-0.4, -0.2) is 25.0 Å². The minimum absolute atomic E-state index is 0.0906. The van der Waals surface area contributed by atoms with E-state index < -0.39 is 0 Å². The lowest BCUT2D eigenvalue weighted by atomic mass is 10.1. The van der Waals surface area contributed by atoms with Gasteiger partial charge >= 0.3 is 0 Å². The van der Waals surface area contributed by atoms with Gasteiger partial charge in [0.05, 0.1) is 11.4 Å². The Bertz CT molecular complexity index is 433. The minimum atomic E-state index is -0.0906. The average Bonchev–Trinajstić information content (AvgIpc) is 2.62. The van der Waals surface area contributed by atoms with Crippen molar-refractivity contribution in [1.29, 1.82) is 0 Å². The number of nitrogens with two attached hydrogens (primary N) is 1. The normalized spacial score (nSPS) is 19.6. The summed E-state index contributed by atoms with van der Waals surface area (Å²) in [6.07, 6.45) is 4.04. The molecule has 1 heterocycles. The molecule has 0 saturated carbocycles. The number of amides is 1. The van der Waals surface area contributed by atoms with Crippen LogP contribution in [0.4, 0.5) is 11.4 Å². The van der Waals surface area contributed by atoms with Crippen molar-refractivity contribution in [3.8, 4) is 0 Å². The number of carbonyl (C=O) groups is 1. The molecule has 0 bridgehead atoms. The molecule has 0 radical (unpaired) electrons. The maximum atomic E-state index is 12.2. The molecule has 1 aromatic rings. The molecule has 1 fully saturated rings. The summed E-state index contributed by atoms with van der Waals surface area (Å²) in [5.41, 5.74) is 7.79. The number of para-hydroxylation sites is 2. The first-order valence-corrected chi connectivity index (χ1v) is 7.13. The SMILES string of the molecule is CCCN(c1ccccc1N)C1CCCCNC1=O. The molecule has 1 aliphatic heterocycles. The number of hydrogen-bond donors (Lipinski definition) is 2. The van der Waals surface area contributed by atoms with Crippen LogP contribution in [0.15, 0.2) is 24.3 Å². The molecule has 19 heavy (non-hydrogen) atoms. The van der Waals surface area contributed by atoms with Crippen LogP contribution in [0.2, 0.25) is 0 Å². The van der Waals surface area contributed by atoms with E-state index in [0.29, 0.717) is 0 Å². The van der Waals surface area contributed by atoms with Crippen LogP contribution < -0.4 is 16.0 Å². The third-order valence-electron chi connectivity index (χ3n) is 3.59. The summed E-state index contributed by atoms with van der Waals surface area (Å²) >= 11 is 0. The standard InChI is InChI=1S/C15H23N3O/c1-2-11-18(13-8-4-3-7-12(13)16)14-9-5-6-10-17-15(14)19/h3-4,7-8,14H,2,5-6,9-11,16H2,1H3,(H,17,19). The maximum Gasteiger partial charge on any atom is 0.242 e. The summed E-state index contributed by atoms with van der Waals surface area (Å²) in [7, 11) is 0. The number of nitrogen functional groups attached to an aromatic ring is 1. The Kier molecular flexibility index (Phi) is 4.66. The highest BCUT2D eigenvalue weighted by Crippen LogP contribution is 2.27. The molecule has 0 aliphatic carbocycles. The van der Waals surface area contributed by atoms with Crippen molar-refractivity contribution in [2.24, 2.45) is 0 Å². The van der Waals surface area contributed by atoms with Gasteiger partial charge in [0.25, 0.3) is 0 Å². The van der Waals surface area contributed by atoms with Gasteiger partial charge in [-0.25, -0.2) is 0 Å². The first-order chi connectivity index (χ1) is 9.24. The zero-order valence-corrected chi connectivity index (χ0v) is 11.6. The number of nitrogens with zero attached hydrogens (tertiary/aromatic N) is 1. The van der Waals surface area contributed by atoms with Gasteiger partial charge in [0.1, 0.15) is 6.04 Å². The molecule has 3 N–H and O–H groups in total. The summed E-state index contributed by atoms with van der Waals surface area (Å²) in [6.45, 7) is 3.77. The van der Waals surface area contributed by atoms with E-state index in [4.69, 9.17) is 5.73 Å². The summed E-state index contributed by atoms with van der Waals surface area (Å²) in [6, 6.07) is 7.71. The number of rotatable bonds is 4. The molecule has 4 heteroatoms. The zero-order chi connectivity index (χ0) is 13.7. The van der Waals surface area contributed by atoms with Crippen molar-refractivity contribution < 1.29 is 4.79 Å². The zero-order valence-electron chi connectivity index (χ0n) is 11.6. The number of hydrogen-bond acceptors (Lipinski definition) is 3. The monoisotopic (exact) mass is 261 g/mol. The molecule has 2 rings (SSSR count). The van der Waals surface area contributed by atoms with Gasteiger partial charge in [-0.2, -0.15) is 0 Å². The van der Waals surface area contributed by atoms with Crippen LogP contribution in [0.5, 0.6) is 0 Å². The van der Waals surface area contributed by atoms with Crippen molar-refractivity contribution in [3.05, 3.63) is 24.3 Å². The summed E-state index contributed by atoms with van der Waals surface area (Å²) in [4.78, 5) is 14.4. The molecule has 1 saturated heterocycles. The molecule has 0 spiro atoms. The van der Waals surface area contributed by atoms with E-state index in [2.05, 4.69) is 17.1 Å². The van der Waals surface area contributed by atoms with E-state index >= 15 is 0 Å². The molecule has 1 aliphatic rings. The molecular weight excluding hydrogens is 238 g/mol. The highest BCUT2D eigenvalue weighted by Gasteiger charge is 2.27. The Balaban J connectivity index is 2.28. The van der Waals surface area contributed by atoms with Crippen molar-refractivity contribution in [3.63, 3.8) is 0 Å². The Labute approximate surface area is 115 Å². The molecule has 1 aromatic carbocycles. The number of carbonyl (C=O) groups excluding carboxylic acids is 1. The van der Waals surface area contributed by atoms with Gasteiger partial charge in [0, 0.05) is 13.1 Å². The van der Waals surface area contributed by atoms with Crippen LogP contribution >= 0.6 is 0 Å². The fourth-order valence-corrected chi connectivity index (χ4v) is 2.65. The first kappa shape index (κ1) is 13.7. The maximum absolute atomic E-state index is 12.2. The summed E-state index contributed by atoms with van der Waals surface area (Å²) in [5, 5.41) is 3.00. The molecular formula is C15H23N3O. The lowest BCUT2D eigenvalue weighted by Gasteiger charge is -2.32. The third kappa shape index (κ3) is 3.19.